The van der Waals surface area contributed by atoms with E-state index < -0.39 is 0 Å². The zero-order valence-electron chi connectivity index (χ0n) is 14.0. The first kappa shape index (κ1) is 20.7. The maximum atomic E-state index is 6.14. The first-order chi connectivity index (χ1) is 11.1. The molecule has 0 atom stereocenters. The molecule has 2 aromatic rings. The van der Waals surface area contributed by atoms with E-state index in [-0.39, 0.29) is 29.9 Å². The quantitative estimate of drug-likeness (QED) is 0.390. The van der Waals surface area contributed by atoms with Crippen molar-refractivity contribution in [3.63, 3.8) is 0 Å². The lowest BCUT2D eigenvalue weighted by molar-refractivity contribution is 0.371. The minimum Gasteiger partial charge on any atom is -0.356 e. The van der Waals surface area contributed by atoms with Gasteiger partial charge >= 0.3 is 0 Å². The van der Waals surface area contributed by atoms with E-state index in [2.05, 4.69) is 25.8 Å². The molecule has 0 fully saturated rings. The highest BCUT2D eigenvalue weighted by Gasteiger charge is 2.09. The van der Waals surface area contributed by atoms with Crippen molar-refractivity contribution in [2.45, 2.75) is 32.7 Å². The van der Waals surface area contributed by atoms with E-state index in [1.165, 1.54) is 0 Å². The van der Waals surface area contributed by atoms with Crippen LogP contribution in [0.15, 0.2) is 33.8 Å². The monoisotopic (exact) mass is 463 g/mol. The summed E-state index contributed by atoms with van der Waals surface area (Å²) in [6.45, 7) is 5.33. The third-order valence-corrected chi connectivity index (χ3v) is 3.63. The van der Waals surface area contributed by atoms with E-state index in [0.29, 0.717) is 31.4 Å². The molecule has 0 saturated carbocycles. The molecule has 1 heterocycles. The maximum absolute atomic E-state index is 6.14. The van der Waals surface area contributed by atoms with E-state index >= 15 is 0 Å². The van der Waals surface area contributed by atoms with Gasteiger partial charge in [-0.25, -0.2) is 0 Å². The summed E-state index contributed by atoms with van der Waals surface area (Å²) < 4.78 is 5.21. The van der Waals surface area contributed by atoms with Gasteiger partial charge in [0.05, 0.1) is 0 Å². The summed E-state index contributed by atoms with van der Waals surface area (Å²) in [6.07, 6.45) is 0.645. The van der Waals surface area contributed by atoms with Crippen molar-refractivity contribution in [3.8, 4) is 0 Å². The Balaban J connectivity index is 0.00000288. The second-order valence-corrected chi connectivity index (χ2v) is 5.80. The summed E-state index contributed by atoms with van der Waals surface area (Å²) in [6, 6.07) is 7.72. The summed E-state index contributed by atoms with van der Waals surface area (Å²) in [5.41, 5.74) is 1.02. The van der Waals surface area contributed by atoms with Crippen molar-refractivity contribution in [2.24, 2.45) is 4.99 Å². The SMILES string of the molecule is CN=C(NCCc1nc(C(C)C)no1)NCc1ccccc1Cl.I. The summed E-state index contributed by atoms with van der Waals surface area (Å²) in [5, 5.41) is 11.1. The first-order valence-corrected chi connectivity index (χ1v) is 7.98. The molecule has 0 aliphatic rings. The van der Waals surface area contributed by atoms with E-state index in [9.17, 15) is 0 Å². The molecule has 6 nitrogen and oxygen atoms in total. The van der Waals surface area contributed by atoms with Gasteiger partial charge in [0, 0.05) is 37.5 Å². The van der Waals surface area contributed by atoms with Crippen molar-refractivity contribution >= 4 is 41.5 Å². The highest BCUT2D eigenvalue weighted by Crippen LogP contribution is 2.14. The largest absolute Gasteiger partial charge is 0.356 e. The van der Waals surface area contributed by atoms with Crippen LogP contribution in [-0.2, 0) is 13.0 Å². The van der Waals surface area contributed by atoms with Gasteiger partial charge in [-0.3, -0.25) is 4.99 Å². The number of nitrogens with zero attached hydrogens (tertiary/aromatic N) is 3. The lowest BCUT2D eigenvalue weighted by atomic mass is 10.2. The standard InChI is InChI=1S/C16H22ClN5O.HI/c1-11(2)15-21-14(23-22-15)8-9-19-16(18-3)20-10-12-6-4-5-7-13(12)17;/h4-7,11H,8-10H2,1-3H3,(H2,18,19,20);1H. The van der Waals surface area contributed by atoms with Gasteiger partial charge in [0.15, 0.2) is 11.8 Å². The van der Waals surface area contributed by atoms with Gasteiger partial charge < -0.3 is 15.2 Å². The average molecular weight is 464 g/mol. The predicted molar refractivity (Wildman–Crippen MR) is 107 cm³/mol. The van der Waals surface area contributed by atoms with Crippen LogP contribution in [0.3, 0.4) is 0 Å². The van der Waals surface area contributed by atoms with Crippen LogP contribution < -0.4 is 10.6 Å². The van der Waals surface area contributed by atoms with Crippen LogP contribution in [-0.4, -0.2) is 29.7 Å². The lowest BCUT2D eigenvalue weighted by Crippen LogP contribution is -2.37. The summed E-state index contributed by atoms with van der Waals surface area (Å²) >= 11 is 6.14. The molecule has 0 aliphatic heterocycles. The van der Waals surface area contributed by atoms with Crippen LogP contribution in [0.4, 0.5) is 0 Å². The zero-order valence-corrected chi connectivity index (χ0v) is 17.1. The van der Waals surface area contributed by atoms with Gasteiger partial charge in [0.25, 0.3) is 0 Å². The Kier molecular flexibility index (Phi) is 9.05. The summed E-state index contributed by atoms with van der Waals surface area (Å²) in [4.78, 5) is 8.52. The van der Waals surface area contributed by atoms with E-state index in [0.717, 1.165) is 16.4 Å². The number of benzene rings is 1. The fourth-order valence-electron chi connectivity index (χ4n) is 1.93. The van der Waals surface area contributed by atoms with Gasteiger partial charge in [-0.15, -0.1) is 24.0 Å². The first-order valence-electron chi connectivity index (χ1n) is 7.60. The number of guanidine groups is 1. The molecule has 1 aromatic heterocycles. The molecule has 0 spiro atoms. The Labute approximate surface area is 164 Å². The Hall–Kier alpha value is -1.35. The summed E-state index contributed by atoms with van der Waals surface area (Å²) in [7, 11) is 1.73. The van der Waals surface area contributed by atoms with Gasteiger partial charge in [0.2, 0.25) is 5.89 Å². The number of rotatable bonds is 6. The zero-order chi connectivity index (χ0) is 16.7. The van der Waals surface area contributed by atoms with Crippen molar-refractivity contribution in [3.05, 3.63) is 46.6 Å². The molecule has 0 unspecified atom stereocenters. The maximum Gasteiger partial charge on any atom is 0.228 e. The van der Waals surface area contributed by atoms with Gasteiger partial charge in [-0.1, -0.05) is 48.8 Å². The fraction of sp³-hybridized carbons (Fsp3) is 0.438. The topological polar surface area (TPSA) is 75.3 Å². The van der Waals surface area contributed by atoms with Crippen LogP contribution in [0.1, 0.15) is 37.0 Å². The molecule has 0 radical (unpaired) electrons. The second-order valence-electron chi connectivity index (χ2n) is 5.39. The molecular formula is C16H23ClIN5O. The van der Waals surface area contributed by atoms with E-state index in [4.69, 9.17) is 16.1 Å². The number of hydrogen-bond acceptors (Lipinski definition) is 4. The number of nitrogens with one attached hydrogen (secondary N) is 2. The van der Waals surface area contributed by atoms with Gasteiger partial charge in [0.1, 0.15) is 0 Å². The number of halogens is 2. The lowest BCUT2D eigenvalue weighted by Gasteiger charge is -2.11. The minimum absolute atomic E-state index is 0. The molecule has 0 aliphatic carbocycles. The molecule has 0 bridgehead atoms. The number of aliphatic imine (C=N–C) groups is 1. The third kappa shape index (κ3) is 6.27. The Bertz CT molecular complexity index is 659. The summed E-state index contributed by atoms with van der Waals surface area (Å²) in [5.74, 6) is 2.34. The highest BCUT2D eigenvalue weighted by molar-refractivity contribution is 14.0. The number of aromatic nitrogens is 2. The average Bonchev–Trinajstić information content (AvgIpc) is 3.01. The number of hydrogen-bond donors (Lipinski definition) is 2. The molecule has 132 valence electrons. The molecule has 0 saturated heterocycles. The molecule has 1 aromatic carbocycles. The van der Waals surface area contributed by atoms with Crippen LogP contribution in [0.25, 0.3) is 0 Å². The normalized spacial score (nSPS) is 11.3. The molecule has 8 heteroatoms. The highest BCUT2D eigenvalue weighted by atomic mass is 127. The van der Waals surface area contributed by atoms with Gasteiger partial charge in [-0.05, 0) is 11.6 Å². The second kappa shape index (κ2) is 10.5. The van der Waals surface area contributed by atoms with Crippen LogP contribution in [0, 0.1) is 0 Å². The van der Waals surface area contributed by atoms with Crippen molar-refractivity contribution < 1.29 is 4.52 Å². The van der Waals surface area contributed by atoms with Crippen LogP contribution in [0.5, 0.6) is 0 Å². The Morgan fingerprint density at radius 1 is 1.29 bits per heavy atom. The van der Waals surface area contributed by atoms with Crippen molar-refractivity contribution in [2.75, 3.05) is 13.6 Å². The van der Waals surface area contributed by atoms with Crippen molar-refractivity contribution in [1.82, 2.24) is 20.8 Å². The van der Waals surface area contributed by atoms with Crippen molar-refractivity contribution in [1.29, 1.82) is 0 Å². The third-order valence-electron chi connectivity index (χ3n) is 3.26. The molecule has 24 heavy (non-hydrogen) atoms. The van der Waals surface area contributed by atoms with Gasteiger partial charge in [-0.2, -0.15) is 4.98 Å². The van der Waals surface area contributed by atoms with Crippen LogP contribution >= 0.6 is 35.6 Å². The van der Waals surface area contributed by atoms with E-state index in [1.807, 2.05) is 38.1 Å². The predicted octanol–water partition coefficient (Wildman–Crippen LogP) is 3.37. The molecular weight excluding hydrogens is 441 g/mol. The molecule has 0 amide bonds. The van der Waals surface area contributed by atoms with Crippen LogP contribution in [0.2, 0.25) is 5.02 Å². The van der Waals surface area contributed by atoms with E-state index in [1.54, 1.807) is 7.05 Å². The minimum atomic E-state index is 0. The molecule has 2 N–H and O–H groups in total. The fourth-order valence-corrected chi connectivity index (χ4v) is 2.14. The Morgan fingerprint density at radius 2 is 2.04 bits per heavy atom. The molecule has 2 rings (SSSR count). The smallest absolute Gasteiger partial charge is 0.228 e. The Morgan fingerprint density at radius 3 is 2.67 bits per heavy atom.